The molecule has 0 aliphatic heterocycles. The van der Waals surface area contributed by atoms with Gasteiger partial charge in [0.2, 0.25) is 0 Å². The summed E-state index contributed by atoms with van der Waals surface area (Å²) >= 11 is 0. The van der Waals surface area contributed by atoms with Gasteiger partial charge in [-0.3, -0.25) is 0 Å². The lowest BCUT2D eigenvalue weighted by atomic mass is 9.99. The van der Waals surface area contributed by atoms with Crippen LogP contribution < -0.4 is 9.64 Å². The molecule has 0 aliphatic rings. The third-order valence-electron chi connectivity index (χ3n) is 4.94. The van der Waals surface area contributed by atoms with Gasteiger partial charge in [-0.25, -0.2) is 4.79 Å². The SMILES string of the molecule is C=CCOc1ccc(C(=O)O)cc1CCCc1ccccc1N(C(C)C)C(C)C. The fourth-order valence-corrected chi connectivity index (χ4v) is 3.79. The van der Waals surface area contributed by atoms with Crippen molar-refractivity contribution in [2.24, 2.45) is 0 Å². The van der Waals surface area contributed by atoms with Gasteiger partial charge >= 0.3 is 5.97 Å². The third kappa shape index (κ3) is 6.11. The van der Waals surface area contributed by atoms with E-state index >= 15 is 0 Å². The lowest BCUT2D eigenvalue weighted by molar-refractivity contribution is 0.0696. The smallest absolute Gasteiger partial charge is 0.335 e. The second-order valence-electron chi connectivity index (χ2n) is 7.80. The van der Waals surface area contributed by atoms with Crippen LogP contribution in [0.4, 0.5) is 5.69 Å². The Balaban J connectivity index is 2.19. The van der Waals surface area contributed by atoms with Crippen molar-refractivity contribution in [2.45, 2.75) is 59.0 Å². The first-order valence-corrected chi connectivity index (χ1v) is 10.3. The van der Waals surface area contributed by atoms with Crippen LogP contribution in [0.25, 0.3) is 0 Å². The van der Waals surface area contributed by atoms with Crippen molar-refractivity contribution in [3.05, 3.63) is 71.8 Å². The van der Waals surface area contributed by atoms with E-state index in [1.165, 1.54) is 11.3 Å². The number of nitrogens with zero attached hydrogens (tertiary/aromatic N) is 1. The number of para-hydroxylation sites is 1. The highest BCUT2D eigenvalue weighted by Crippen LogP contribution is 2.28. The van der Waals surface area contributed by atoms with Crippen molar-refractivity contribution in [2.75, 3.05) is 11.5 Å². The van der Waals surface area contributed by atoms with Crippen LogP contribution in [-0.2, 0) is 12.8 Å². The predicted molar refractivity (Wildman–Crippen MR) is 120 cm³/mol. The number of benzene rings is 2. The summed E-state index contributed by atoms with van der Waals surface area (Å²) in [5.41, 5.74) is 3.81. The Bertz CT molecular complexity index is 819. The van der Waals surface area contributed by atoms with Gasteiger partial charge in [0.05, 0.1) is 5.56 Å². The molecule has 0 atom stereocenters. The van der Waals surface area contributed by atoms with Gasteiger partial charge in [0.25, 0.3) is 0 Å². The molecule has 0 radical (unpaired) electrons. The van der Waals surface area contributed by atoms with E-state index < -0.39 is 5.97 Å². The number of hydrogen-bond acceptors (Lipinski definition) is 3. The molecule has 2 aromatic carbocycles. The van der Waals surface area contributed by atoms with Crippen LogP contribution in [0.15, 0.2) is 55.1 Å². The Labute approximate surface area is 174 Å². The first-order chi connectivity index (χ1) is 13.8. The summed E-state index contributed by atoms with van der Waals surface area (Å²) in [6.45, 7) is 13.0. The van der Waals surface area contributed by atoms with E-state index in [2.05, 4.69) is 63.4 Å². The highest BCUT2D eigenvalue weighted by molar-refractivity contribution is 5.88. The maximum atomic E-state index is 11.4. The lowest BCUT2D eigenvalue weighted by Crippen LogP contribution is -2.37. The first kappa shape index (κ1) is 22.5. The Hall–Kier alpha value is -2.75. The molecular formula is C25H33NO3. The molecule has 0 spiro atoms. The summed E-state index contributed by atoms with van der Waals surface area (Å²) in [6.07, 6.45) is 4.28. The van der Waals surface area contributed by atoms with E-state index in [9.17, 15) is 9.90 Å². The van der Waals surface area contributed by atoms with E-state index in [1.54, 1.807) is 24.3 Å². The topological polar surface area (TPSA) is 49.8 Å². The molecule has 2 rings (SSSR count). The molecule has 0 unspecified atom stereocenters. The van der Waals surface area contributed by atoms with Gasteiger partial charge in [-0.1, -0.05) is 30.9 Å². The number of carboxylic acid groups (broad SMARTS) is 1. The Kier molecular flexibility index (Phi) is 8.32. The molecule has 4 heteroatoms. The minimum absolute atomic E-state index is 0.289. The van der Waals surface area contributed by atoms with Crippen molar-refractivity contribution in [3.63, 3.8) is 0 Å². The van der Waals surface area contributed by atoms with E-state index in [0.717, 1.165) is 30.6 Å². The second-order valence-corrected chi connectivity index (χ2v) is 7.80. The quantitative estimate of drug-likeness (QED) is 0.492. The van der Waals surface area contributed by atoms with Gasteiger partial charge < -0.3 is 14.7 Å². The van der Waals surface area contributed by atoms with Gasteiger partial charge in [0.15, 0.2) is 0 Å². The number of aromatic carboxylic acids is 1. The Morgan fingerprint density at radius 3 is 2.34 bits per heavy atom. The Morgan fingerprint density at radius 1 is 1.07 bits per heavy atom. The molecular weight excluding hydrogens is 362 g/mol. The molecule has 2 aromatic rings. The maximum absolute atomic E-state index is 11.4. The summed E-state index contributed by atoms with van der Waals surface area (Å²) in [5.74, 6) is -0.189. The number of ether oxygens (including phenoxy) is 1. The van der Waals surface area contributed by atoms with Crippen molar-refractivity contribution < 1.29 is 14.6 Å². The number of carboxylic acids is 1. The number of anilines is 1. The van der Waals surface area contributed by atoms with E-state index in [4.69, 9.17) is 4.74 Å². The standard InChI is InChI=1S/C25H33NO3/c1-6-16-29-24-15-14-22(25(27)28)17-21(24)12-9-11-20-10-7-8-13-23(20)26(18(2)3)19(4)5/h6-8,10,13-15,17-19H,1,9,11-12,16H2,2-5H3,(H,27,28). The number of carbonyl (C=O) groups is 1. The summed E-state index contributed by atoms with van der Waals surface area (Å²) in [6, 6.07) is 14.5. The highest BCUT2D eigenvalue weighted by atomic mass is 16.5. The second kappa shape index (κ2) is 10.7. The van der Waals surface area contributed by atoms with E-state index in [1.807, 2.05) is 0 Å². The molecule has 0 saturated carbocycles. The predicted octanol–water partition coefficient (Wildman–Crippen LogP) is 5.75. The molecule has 0 amide bonds. The van der Waals surface area contributed by atoms with Crippen LogP contribution >= 0.6 is 0 Å². The minimum atomic E-state index is -0.920. The van der Waals surface area contributed by atoms with Crippen molar-refractivity contribution in [3.8, 4) is 5.75 Å². The summed E-state index contributed by atoms with van der Waals surface area (Å²) in [7, 11) is 0. The van der Waals surface area contributed by atoms with E-state index in [0.29, 0.717) is 18.7 Å². The van der Waals surface area contributed by atoms with Gasteiger partial charge in [-0.15, -0.1) is 0 Å². The number of aryl methyl sites for hydroxylation is 2. The molecule has 0 bridgehead atoms. The highest BCUT2D eigenvalue weighted by Gasteiger charge is 2.17. The minimum Gasteiger partial charge on any atom is -0.489 e. The molecule has 0 aromatic heterocycles. The van der Waals surface area contributed by atoms with Gasteiger partial charge in [-0.2, -0.15) is 0 Å². The molecule has 1 N–H and O–H groups in total. The van der Waals surface area contributed by atoms with Crippen LogP contribution in [0.2, 0.25) is 0 Å². The van der Waals surface area contributed by atoms with E-state index in [-0.39, 0.29) is 5.56 Å². The van der Waals surface area contributed by atoms with Crippen molar-refractivity contribution in [1.82, 2.24) is 0 Å². The summed E-state index contributed by atoms with van der Waals surface area (Å²) in [5, 5.41) is 9.32. The molecule has 156 valence electrons. The molecule has 0 fully saturated rings. The molecule has 0 aliphatic carbocycles. The largest absolute Gasteiger partial charge is 0.489 e. The average Bonchev–Trinajstić information content (AvgIpc) is 2.67. The summed E-state index contributed by atoms with van der Waals surface area (Å²) < 4.78 is 5.73. The lowest BCUT2D eigenvalue weighted by Gasteiger charge is -2.34. The van der Waals surface area contributed by atoms with Gasteiger partial charge in [-0.05, 0) is 82.3 Å². The maximum Gasteiger partial charge on any atom is 0.335 e. The number of rotatable bonds is 11. The zero-order valence-electron chi connectivity index (χ0n) is 18.0. The average molecular weight is 396 g/mol. The van der Waals surface area contributed by atoms with Crippen LogP contribution in [0.3, 0.4) is 0 Å². The van der Waals surface area contributed by atoms with Crippen LogP contribution in [-0.4, -0.2) is 29.8 Å². The van der Waals surface area contributed by atoms with Gasteiger partial charge in [0.1, 0.15) is 12.4 Å². The number of hydrogen-bond donors (Lipinski definition) is 1. The third-order valence-corrected chi connectivity index (χ3v) is 4.94. The Morgan fingerprint density at radius 2 is 1.72 bits per heavy atom. The molecule has 29 heavy (non-hydrogen) atoms. The zero-order chi connectivity index (χ0) is 21.4. The summed E-state index contributed by atoms with van der Waals surface area (Å²) in [4.78, 5) is 13.8. The normalized spacial score (nSPS) is 11.0. The fourth-order valence-electron chi connectivity index (χ4n) is 3.79. The molecule has 0 heterocycles. The van der Waals surface area contributed by atoms with Crippen LogP contribution in [0.5, 0.6) is 5.75 Å². The zero-order valence-corrected chi connectivity index (χ0v) is 18.0. The first-order valence-electron chi connectivity index (χ1n) is 10.3. The molecule has 0 saturated heterocycles. The van der Waals surface area contributed by atoms with Crippen LogP contribution in [0, 0.1) is 0 Å². The van der Waals surface area contributed by atoms with Crippen LogP contribution in [0.1, 0.15) is 55.6 Å². The monoisotopic (exact) mass is 395 g/mol. The molecule has 4 nitrogen and oxygen atoms in total. The van der Waals surface area contributed by atoms with Gasteiger partial charge in [0, 0.05) is 17.8 Å². The fraction of sp³-hybridized carbons (Fsp3) is 0.400. The van der Waals surface area contributed by atoms with Crippen molar-refractivity contribution >= 4 is 11.7 Å². The van der Waals surface area contributed by atoms with Crippen molar-refractivity contribution in [1.29, 1.82) is 0 Å².